The molecule has 0 saturated heterocycles. The van der Waals surface area contributed by atoms with Crippen LogP contribution in [0.5, 0.6) is 11.5 Å². The SMILES string of the molecule is COc1cc(C)ccc1OCC1(CS)CCC1. The Kier molecular flexibility index (Phi) is 3.87. The first kappa shape index (κ1) is 12.6. The van der Waals surface area contributed by atoms with E-state index in [1.807, 2.05) is 25.1 Å². The Hall–Kier alpha value is -0.830. The minimum absolute atomic E-state index is 0.291. The van der Waals surface area contributed by atoms with Crippen molar-refractivity contribution >= 4 is 12.6 Å². The molecule has 0 aliphatic heterocycles. The maximum atomic E-state index is 5.91. The third-order valence-corrected chi connectivity index (χ3v) is 4.27. The van der Waals surface area contributed by atoms with Gasteiger partial charge in [-0.25, -0.2) is 0 Å². The van der Waals surface area contributed by atoms with Crippen LogP contribution >= 0.6 is 12.6 Å². The molecule has 1 aliphatic carbocycles. The summed E-state index contributed by atoms with van der Waals surface area (Å²) in [6.45, 7) is 2.80. The molecule has 0 unspecified atom stereocenters. The summed E-state index contributed by atoms with van der Waals surface area (Å²) in [6, 6.07) is 6.04. The maximum absolute atomic E-state index is 5.91. The number of thiol groups is 1. The van der Waals surface area contributed by atoms with Crippen molar-refractivity contribution in [3.63, 3.8) is 0 Å². The second-order valence-electron chi connectivity index (χ2n) is 4.95. The summed E-state index contributed by atoms with van der Waals surface area (Å²) in [5.74, 6) is 2.56. The number of aryl methyl sites for hydroxylation is 1. The lowest BCUT2D eigenvalue weighted by Crippen LogP contribution is -2.37. The van der Waals surface area contributed by atoms with Gasteiger partial charge in [-0.1, -0.05) is 12.5 Å². The van der Waals surface area contributed by atoms with Crippen molar-refractivity contribution < 1.29 is 9.47 Å². The summed E-state index contributed by atoms with van der Waals surface area (Å²) in [6.07, 6.45) is 3.75. The van der Waals surface area contributed by atoms with Crippen LogP contribution in [0.25, 0.3) is 0 Å². The van der Waals surface area contributed by atoms with Crippen LogP contribution in [0.3, 0.4) is 0 Å². The first-order valence-corrected chi connectivity index (χ1v) is 6.71. The lowest BCUT2D eigenvalue weighted by molar-refractivity contribution is 0.0812. The Morgan fingerprint density at radius 1 is 1.29 bits per heavy atom. The van der Waals surface area contributed by atoms with Gasteiger partial charge in [0.05, 0.1) is 13.7 Å². The highest BCUT2D eigenvalue weighted by Gasteiger charge is 2.36. The lowest BCUT2D eigenvalue weighted by Gasteiger charge is -2.40. The van der Waals surface area contributed by atoms with E-state index in [9.17, 15) is 0 Å². The monoisotopic (exact) mass is 252 g/mol. The molecule has 1 aromatic rings. The Morgan fingerprint density at radius 2 is 2.06 bits per heavy atom. The predicted octanol–water partition coefficient (Wildman–Crippen LogP) is 3.48. The molecule has 0 radical (unpaired) electrons. The van der Waals surface area contributed by atoms with Crippen LogP contribution in [0, 0.1) is 12.3 Å². The van der Waals surface area contributed by atoms with E-state index in [2.05, 4.69) is 12.6 Å². The minimum Gasteiger partial charge on any atom is -0.493 e. The molecular weight excluding hydrogens is 232 g/mol. The average molecular weight is 252 g/mol. The highest BCUT2D eigenvalue weighted by molar-refractivity contribution is 7.80. The van der Waals surface area contributed by atoms with Crippen LogP contribution in [0.4, 0.5) is 0 Å². The molecule has 3 heteroatoms. The minimum atomic E-state index is 0.291. The van der Waals surface area contributed by atoms with Gasteiger partial charge in [0, 0.05) is 5.41 Å². The number of methoxy groups -OCH3 is 1. The molecule has 0 aromatic heterocycles. The van der Waals surface area contributed by atoms with Crippen molar-refractivity contribution in [3.05, 3.63) is 23.8 Å². The Bertz CT molecular complexity index is 380. The topological polar surface area (TPSA) is 18.5 Å². The van der Waals surface area contributed by atoms with E-state index < -0.39 is 0 Å². The van der Waals surface area contributed by atoms with Gasteiger partial charge >= 0.3 is 0 Å². The molecule has 1 saturated carbocycles. The molecule has 2 rings (SSSR count). The number of hydrogen-bond donors (Lipinski definition) is 1. The van der Waals surface area contributed by atoms with Crippen molar-refractivity contribution in [2.45, 2.75) is 26.2 Å². The van der Waals surface area contributed by atoms with Gasteiger partial charge in [0.1, 0.15) is 0 Å². The maximum Gasteiger partial charge on any atom is 0.161 e. The van der Waals surface area contributed by atoms with E-state index in [0.717, 1.165) is 23.9 Å². The molecule has 2 nitrogen and oxygen atoms in total. The fourth-order valence-corrected chi connectivity index (χ4v) is 2.56. The number of hydrogen-bond acceptors (Lipinski definition) is 3. The number of rotatable bonds is 5. The van der Waals surface area contributed by atoms with Gasteiger partial charge in [-0.15, -0.1) is 0 Å². The van der Waals surface area contributed by atoms with Crippen molar-refractivity contribution in [1.29, 1.82) is 0 Å². The highest BCUT2D eigenvalue weighted by atomic mass is 32.1. The molecule has 1 aromatic carbocycles. The van der Waals surface area contributed by atoms with Crippen molar-refractivity contribution in [2.75, 3.05) is 19.5 Å². The Labute approximate surface area is 109 Å². The quantitative estimate of drug-likeness (QED) is 0.809. The number of ether oxygens (including phenoxy) is 2. The molecule has 17 heavy (non-hydrogen) atoms. The van der Waals surface area contributed by atoms with Gasteiger partial charge in [-0.2, -0.15) is 12.6 Å². The summed E-state index contributed by atoms with van der Waals surface area (Å²) in [5, 5.41) is 0. The molecule has 0 bridgehead atoms. The van der Waals surface area contributed by atoms with Gasteiger partial charge in [0.15, 0.2) is 11.5 Å². The third kappa shape index (κ3) is 2.71. The van der Waals surface area contributed by atoms with Gasteiger partial charge in [0.25, 0.3) is 0 Å². The zero-order valence-electron chi connectivity index (χ0n) is 10.5. The Morgan fingerprint density at radius 3 is 2.59 bits per heavy atom. The number of benzene rings is 1. The molecule has 0 spiro atoms. The fourth-order valence-electron chi connectivity index (χ4n) is 2.15. The zero-order chi connectivity index (χ0) is 12.3. The van der Waals surface area contributed by atoms with Crippen molar-refractivity contribution in [3.8, 4) is 11.5 Å². The van der Waals surface area contributed by atoms with Crippen LogP contribution in [-0.2, 0) is 0 Å². The van der Waals surface area contributed by atoms with Crippen LogP contribution in [0.15, 0.2) is 18.2 Å². The average Bonchev–Trinajstić information content (AvgIpc) is 2.29. The van der Waals surface area contributed by atoms with E-state index in [-0.39, 0.29) is 0 Å². The van der Waals surface area contributed by atoms with Gasteiger partial charge in [0.2, 0.25) is 0 Å². The first-order valence-electron chi connectivity index (χ1n) is 6.07. The second-order valence-corrected chi connectivity index (χ2v) is 5.27. The van der Waals surface area contributed by atoms with Gasteiger partial charge < -0.3 is 9.47 Å². The van der Waals surface area contributed by atoms with Gasteiger partial charge in [-0.3, -0.25) is 0 Å². The lowest BCUT2D eigenvalue weighted by atomic mass is 9.71. The fraction of sp³-hybridized carbons (Fsp3) is 0.571. The molecule has 0 amide bonds. The predicted molar refractivity (Wildman–Crippen MR) is 73.4 cm³/mol. The van der Waals surface area contributed by atoms with E-state index in [4.69, 9.17) is 9.47 Å². The summed E-state index contributed by atoms with van der Waals surface area (Å²) < 4.78 is 11.2. The van der Waals surface area contributed by atoms with Crippen LogP contribution in [-0.4, -0.2) is 19.5 Å². The molecule has 0 N–H and O–H groups in total. The Balaban J connectivity index is 2.03. The molecule has 0 heterocycles. The van der Waals surface area contributed by atoms with E-state index >= 15 is 0 Å². The largest absolute Gasteiger partial charge is 0.493 e. The van der Waals surface area contributed by atoms with Crippen LogP contribution in [0.1, 0.15) is 24.8 Å². The molecule has 1 fully saturated rings. The van der Waals surface area contributed by atoms with Gasteiger partial charge in [-0.05, 0) is 43.2 Å². The van der Waals surface area contributed by atoms with Crippen LogP contribution in [0.2, 0.25) is 0 Å². The van der Waals surface area contributed by atoms with Crippen LogP contribution < -0.4 is 9.47 Å². The normalized spacial score (nSPS) is 17.4. The molecule has 94 valence electrons. The van der Waals surface area contributed by atoms with E-state index in [0.29, 0.717) is 5.41 Å². The van der Waals surface area contributed by atoms with E-state index in [1.54, 1.807) is 7.11 Å². The molecule has 0 atom stereocenters. The smallest absolute Gasteiger partial charge is 0.161 e. The standard InChI is InChI=1S/C14H20O2S/c1-11-4-5-12(13(8-11)15-2)16-9-14(10-17)6-3-7-14/h4-5,8,17H,3,6-7,9-10H2,1-2H3. The van der Waals surface area contributed by atoms with Crippen molar-refractivity contribution in [2.24, 2.45) is 5.41 Å². The second kappa shape index (κ2) is 5.21. The summed E-state index contributed by atoms with van der Waals surface area (Å²) in [7, 11) is 1.68. The summed E-state index contributed by atoms with van der Waals surface area (Å²) >= 11 is 4.43. The highest BCUT2D eigenvalue weighted by Crippen LogP contribution is 2.42. The summed E-state index contributed by atoms with van der Waals surface area (Å²) in [4.78, 5) is 0. The molecular formula is C14H20O2S. The first-order chi connectivity index (χ1) is 8.19. The van der Waals surface area contributed by atoms with Crippen molar-refractivity contribution in [1.82, 2.24) is 0 Å². The van der Waals surface area contributed by atoms with E-state index in [1.165, 1.54) is 24.8 Å². The molecule has 1 aliphatic rings. The third-order valence-electron chi connectivity index (χ3n) is 3.60. The zero-order valence-corrected chi connectivity index (χ0v) is 11.4. The summed E-state index contributed by atoms with van der Waals surface area (Å²) in [5.41, 5.74) is 1.47.